The van der Waals surface area contributed by atoms with E-state index in [2.05, 4.69) is 0 Å². The minimum atomic E-state index is -0.705. The van der Waals surface area contributed by atoms with Gasteiger partial charge in [-0.2, -0.15) is 0 Å². The molecule has 1 heterocycles. The second kappa shape index (κ2) is 5.80. The Morgan fingerprint density at radius 1 is 1.44 bits per heavy atom. The van der Waals surface area contributed by atoms with Gasteiger partial charge < -0.3 is 4.74 Å². The number of thiophene rings is 1. The third-order valence-electron chi connectivity index (χ3n) is 2.80. The quantitative estimate of drug-likeness (QED) is 0.718. The smallest absolute Gasteiger partial charge is 0.205 e. The fourth-order valence-corrected chi connectivity index (χ4v) is 2.95. The van der Waals surface area contributed by atoms with Crippen LogP contribution in [0.4, 0.5) is 0 Å². The van der Waals surface area contributed by atoms with Crippen molar-refractivity contribution in [2.75, 3.05) is 6.61 Å². The molecular weight excluding hydrogens is 244 g/mol. The largest absolute Gasteiger partial charge is 0.367 e. The van der Waals surface area contributed by atoms with Gasteiger partial charge in [0, 0.05) is 6.61 Å². The number of carbonyl (C=O) groups is 1. The summed E-state index contributed by atoms with van der Waals surface area (Å²) < 4.78 is 5.67. The first-order valence-corrected chi connectivity index (χ1v) is 6.78. The Bertz CT molecular complexity index is 356. The van der Waals surface area contributed by atoms with Crippen LogP contribution in [-0.2, 0) is 4.74 Å². The Labute approximate surface area is 106 Å². The molecule has 1 aromatic rings. The predicted octanol–water partition coefficient (Wildman–Crippen LogP) is 4.18. The minimum absolute atomic E-state index is 0.0133. The fraction of sp³-hybridized carbons (Fsp3) is 0.583. The molecule has 0 bridgehead atoms. The Morgan fingerprint density at radius 2 is 2.06 bits per heavy atom. The summed E-state index contributed by atoms with van der Waals surface area (Å²) >= 11 is 7.37. The van der Waals surface area contributed by atoms with Crippen LogP contribution in [0.25, 0.3) is 0 Å². The van der Waals surface area contributed by atoms with Crippen LogP contribution in [0.15, 0.2) is 11.4 Å². The van der Waals surface area contributed by atoms with Crippen LogP contribution < -0.4 is 0 Å². The van der Waals surface area contributed by atoms with E-state index in [0.29, 0.717) is 29.3 Å². The Kier molecular flexibility index (Phi) is 4.96. The van der Waals surface area contributed by atoms with Crippen molar-refractivity contribution >= 4 is 28.7 Å². The van der Waals surface area contributed by atoms with Gasteiger partial charge in [0.05, 0.1) is 9.90 Å². The molecule has 0 unspecified atom stereocenters. The maximum Gasteiger partial charge on any atom is 0.205 e. The lowest BCUT2D eigenvalue weighted by molar-refractivity contribution is -0.0247. The number of rotatable bonds is 6. The molecule has 0 fully saturated rings. The van der Waals surface area contributed by atoms with E-state index < -0.39 is 5.60 Å². The van der Waals surface area contributed by atoms with Crippen LogP contribution in [0.3, 0.4) is 0 Å². The van der Waals surface area contributed by atoms with Gasteiger partial charge in [-0.25, -0.2) is 0 Å². The highest BCUT2D eigenvalue weighted by Gasteiger charge is 2.37. The molecule has 0 aliphatic rings. The van der Waals surface area contributed by atoms with Gasteiger partial charge in [0.2, 0.25) is 5.78 Å². The van der Waals surface area contributed by atoms with E-state index in [9.17, 15) is 4.79 Å². The molecule has 1 rings (SSSR count). The van der Waals surface area contributed by atoms with Crippen molar-refractivity contribution in [3.05, 3.63) is 21.3 Å². The summed E-state index contributed by atoms with van der Waals surface area (Å²) in [5.41, 5.74) is -0.705. The predicted molar refractivity (Wildman–Crippen MR) is 68.6 cm³/mol. The van der Waals surface area contributed by atoms with Gasteiger partial charge in [0.25, 0.3) is 0 Å². The number of halogens is 1. The second-order valence-corrected chi connectivity index (χ2v) is 4.88. The van der Waals surface area contributed by atoms with Gasteiger partial charge in [-0.05, 0) is 31.2 Å². The molecule has 0 aliphatic heterocycles. The molecule has 90 valence electrons. The number of hydrogen-bond acceptors (Lipinski definition) is 3. The average molecular weight is 261 g/mol. The molecule has 0 atom stereocenters. The molecular formula is C12H17ClO2S. The molecule has 4 heteroatoms. The lowest BCUT2D eigenvalue weighted by atomic mass is 9.91. The molecule has 0 saturated carbocycles. The number of hydrogen-bond donors (Lipinski definition) is 0. The van der Waals surface area contributed by atoms with Crippen molar-refractivity contribution in [3.8, 4) is 0 Å². The molecule has 2 nitrogen and oxygen atoms in total. The standard InChI is InChI=1S/C12H17ClO2S/c1-4-12(5-2,15-6-3)11(14)10-9(13)7-8-16-10/h7-8H,4-6H2,1-3H3. The summed E-state index contributed by atoms with van der Waals surface area (Å²) in [6.07, 6.45) is 1.34. The number of ether oxygens (including phenoxy) is 1. The molecule has 16 heavy (non-hydrogen) atoms. The van der Waals surface area contributed by atoms with E-state index in [1.54, 1.807) is 6.07 Å². The number of Topliss-reactive ketones (excluding diaryl/α,β-unsaturated/α-hetero) is 1. The van der Waals surface area contributed by atoms with Crippen LogP contribution >= 0.6 is 22.9 Å². The third-order valence-corrected chi connectivity index (χ3v) is 4.14. The van der Waals surface area contributed by atoms with Gasteiger partial charge >= 0.3 is 0 Å². The van der Waals surface area contributed by atoms with Gasteiger partial charge in [-0.1, -0.05) is 25.4 Å². The maximum absolute atomic E-state index is 12.4. The van der Waals surface area contributed by atoms with Crippen LogP contribution in [0.1, 0.15) is 43.3 Å². The first-order chi connectivity index (χ1) is 7.61. The summed E-state index contributed by atoms with van der Waals surface area (Å²) in [5, 5.41) is 2.36. The maximum atomic E-state index is 12.4. The normalized spacial score (nSPS) is 11.8. The average Bonchev–Trinajstić information content (AvgIpc) is 2.71. The highest BCUT2D eigenvalue weighted by Crippen LogP contribution is 2.32. The third kappa shape index (κ3) is 2.47. The van der Waals surface area contributed by atoms with E-state index in [0.717, 1.165) is 0 Å². The molecule has 1 aromatic heterocycles. The summed E-state index contributed by atoms with van der Waals surface area (Å²) in [5.74, 6) is 0.0133. The van der Waals surface area contributed by atoms with E-state index >= 15 is 0 Å². The highest BCUT2D eigenvalue weighted by molar-refractivity contribution is 7.12. The number of carbonyl (C=O) groups excluding carboxylic acids is 1. The van der Waals surface area contributed by atoms with Gasteiger partial charge in [-0.3, -0.25) is 4.79 Å². The lowest BCUT2D eigenvalue weighted by Gasteiger charge is -2.29. The van der Waals surface area contributed by atoms with E-state index in [1.165, 1.54) is 11.3 Å². The van der Waals surface area contributed by atoms with Crippen LogP contribution in [0, 0.1) is 0 Å². The van der Waals surface area contributed by atoms with Gasteiger partial charge in [-0.15, -0.1) is 11.3 Å². The van der Waals surface area contributed by atoms with Gasteiger partial charge in [0.1, 0.15) is 5.60 Å². The van der Waals surface area contributed by atoms with Crippen molar-refractivity contribution in [2.24, 2.45) is 0 Å². The van der Waals surface area contributed by atoms with Crippen molar-refractivity contribution in [3.63, 3.8) is 0 Å². The lowest BCUT2D eigenvalue weighted by Crippen LogP contribution is -2.40. The summed E-state index contributed by atoms with van der Waals surface area (Å²) in [7, 11) is 0. The molecule has 0 N–H and O–H groups in total. The van der Waals surface area contributed by atoms with Gasteiger partial charge in [0.15, 0.2) is 0 Å². The van der Waals surface area contributed by atoms with Crippen molar-refractivity contribution in [1.29, 1.82) is 0 Å². The van der Waals surface area contributed by atoms with Crippen molar-refractivity contribution < 1.29 is 9.53 Å². The van der Waals surface area contributed by atoms with Crippen molar-refractivity contribution in [1.82, 2.24) is 0 Å². The Morgan fingerprint density at radius 3 is 2.44 bits per heavy atom. The molecule has 0 radical (unpaired) electrons. The zero-order valence-electron chi connectivity index (χ0n) is 9.88. The molecule has 0 amide bonds. The van der Waals surface area contributed by atoms with E-state index in [-0.39, 0.29) is 5.78 Å². The summed E-state index contributed by atoms with van der Waals surface area (Å²) in [4.78, 5) is 13.0. The van der Waals surface area contributed by atoms with Crippen LogP contribution in [-0.4, -0.2) is 18.0 Å². The monoisotopic (exact) mass is 260 g/mol. The summed E-state index contributed by atoms with van der Waals surface area (Å²) in [6.45, 7) is 6.39. The topological polar surface area (TPSA) is 26.3 Å². The van der Waals surface area contributed by atoms with E-state index in [1.807, 2.05) is 26.2 Å². The first kappa shape index (κ1) is 13.7. The molecule has 0 aromatic carbocycles. The highest BCUT2D eigenvalue weighted by atomic mass is 35.5. The van der Waals surface area contributed by atoms with Crippen LogP contribution in [0.2, 0.25) is 5.02 Å². The van der Waals surface area contributed by atoms with Crippen molar-refractivity contribution in [2.45, 2.75) is 39.2 Å². The van der Waals surface area contributed by atoms with E-state index in [4.69, 9.17) is 16.3 Å². The molecule has 0 aliphatic carbocycles. The molecule has 0 saturated heterocycles. The van der Waals surface area contributed by atoms with Crippen LogP contribution in [0.5, 0.6) is 0 Å². The second-order valence-electron chi connectivity index (χ2n) is 3.56. The first-order valence-electron chi connectivity index (χ1n) is 5.53. The fourth-order valence-electron chi connectivity index (χ4n) is 1.78. The zero-order valence-corrected chi connectivity index (χ0v) is 11.5. The SMILES string of the molecule is CCOC(CC)(CC)C(=O)c1sccc1Cl. The number of ketones is 1. The Balaban J connectivity index is 3.04. The molecule has 0 spiro atoms. The summed E-state index contributed by atoms with van der Waals surface area (Å²) in [6, 6.07) is 1.75. The minimum Gasteiger partial charge on any atom is -0.367 e. The Hall–Kier alpha value is -0.380. The zero-order chi connectivity index (χ0) is 12.2.